The first-order chi connectivity index (χ1) is 13.1. The van der Waals surface area contributed by atoms with Gasteiger partial charge in [0, 0.05) is 11.1 Å². The van der Waals surface area contributed by atoms with Gasteiger partial charge in [0.25, 0.3) is 0 Å². The number of allylic oxidation sites excluding steroid dienone is 1. The quantitative estimate of drug-likeness (QED) is 0.536. The van der Waals surface area contributed by atoms with Crippen molar-refractivity contribution in [2.75, 3.05) is 0 Å². The zero-order chi connectivity index (χ0) is 18.8. The first-order valence-electron chi connectivity index (χ1n) is 8.61. The Kier molecular flexibility index (Phi) is 4.69. The van der Waals surface area contributed by atoms with Crippen LogP contribution in [0.3, 0.4) is 0 Å². The molecule has 0 aromatic heterocycles. The summed E-state index contributed by atoms with van der Waals surface area (Å²) in [6.07, 6.45) is 1.78. The van der Waals surface area contributed by atoms with E-state index in [1.54, 1.807) is 24.3 Å². The van der Waals surface area contributed by atoms with E-state index >= 15 is 0 Å². The Morgan fingerprint density at radius 2 is 1.89 bits per heavy atom. The van der Waals surface area contributed by atoms with E-state index in [0.717, 1.165) is 16.7 Å². The Morgan fingerprint density at radius 3 is 2.70 bits per heavy atom. The van der Waals surface area contributed by atoms with Crippen LogP contribution in [0, 0.1) is 6.92 Å². The molecule has 0 saturated carbocycles. The maximum Gasteiger partial charge on any atom is 0.231 e. The van der Waals surface area contributed by atoms with Crippen LogP contribution in [0.25, 0.3) is 6.08 Å². The van der Waals surface area contributed by atoms with Gasteiger partial charge in [0.2, 0.25) is 5.78 Å². The zero-order valence-corrected chi connectivity index (χ0v) is 15.5. The van der Waals surface area contributed by atoms with E-state index in [4.69, 9.17) is 21.1 Å². The molecule has 3 nitrogen and oxygen atoms in total. The topological polar surface area (TPSA) is 35.5 Å². The van der Waals surface area contributed by atoms with Gasteiger partial charge in [-0.25, -0.2) is 0 Å². The van der Waals surface area contributed by atoms with Crippen LogP contribution in [0.4, 0.5) is 0 Å². The van der Waals surface area contributed by atoms with Crippen LogP contribution in [0.5, 0.6) is 11.5 Å². The lowest BCUT2D eigenvalue weighted by atomic mass is 10.1. The van der Waals surface area contributed by atoms with Gasteiger partial charge in [0.1, 0.15) is 18.1 Å². The second-order valence-electron chi connectivity index (χ2n) is 6.37. The summed E-state index contributed by atoms with van der Waals surface area (Å²) in [5.74, 6) is 1.36. The SMILES string of the molecule is Cc1ccccc1C=C1Oc2cc(OCc3cccc(Cl)c3)ccc2C1=O. The van der Waals surface area contributed by atoms with Crippen molar-refractivity contribution in [1.82, 2.24) is 0 Å². The number of fused-ring (bicyclic) bond motifs is 1. The summed E-state index contributed by atoms with van der Waals surface area (Å²) in [5.41, 5.74) is 3.57. The molecule has 0 bridgehead atoms. The molecule has 1 aliphatic heterocycles. The molecule has 0 saturated heterocycles. The number of halogens is 1. The molecule has 3 aromatic rings. The molecule has 0 atom stereocenters. The number of benzene rings is 3. The number of rotatable bonds is 4. The van der Waals surface area contributed by atoms with Gasteiger partial charge >= 0.3 is 0 Å². The van der Waals surface area contributed by atoms with E-state index in [1.807, 2.05) is 55.5 Å². The van der Waals surface area contributed by atoms with Crippen LogP contribution in [-0.2, 0) is 6.61 Å². The number of hydrogen-bond donors (Lipinski definition) is 0. The fourth-order valence-corrected chi connectivity index (χ4v) is 3.15. The number of ether oxygens (including phenoxy) is 2. The number of Topliss-reactive ketones (excluding diaryl/α,β-unsaturated/α-hetero) is 1. The van der Waals surface area contributed by atoms with E-state index in [9.17, 15) is 4.79 Å². The molecule has 0 radical (unpaired) electrons. The minimum atomic E-state index is -0.116. The van der Waals surface area contributed by atoms with Gasteiger partial charge in [-0.3, -0.25) is 4.79 Å². The van der Waals surface area contributed by atoms with E-state index < -0.39 is 0 Å². The predicted octanol–water partition coefficient (Wildman–Crippen LogP) is 5.84. The third-order valence-corrected chi connectivity index (χ3v) is 4.65. The highest BCUT2D eigenvalue weighted by molar-refractivity contribution is 6.30. The molecule has 0 N–H and O–H groups in total. The van der Waals surface area contributed by atoms with E-state index in [1.165, 1.54) is 0 Å². The predicted molar refractivity (Wildman–Crippen MR) is 106 cm³/mol. The normalized spacial score (nSPS) is 14.1. The van der Waals surface area contributed by atoms with Crippen molar-refractivity contribution in [2.24, 2.45) is 0 Å². The van der Waals surface area contributed by atoms with E-state index in [0.29, 0.717) is 34.5 Å². The number of hydrogen-bond acceptors (Lipinski definition) is 3. The maximum absolute atomic E-state index is 12.6. The molecule has 0 aliphatic carbocycles. The highest BCUT2D eigenvalue weighted by atomic mass is 35.5. The van der Waals surface area contributed by atoms with Crippen molar-refractivity contribution in [3.63, 3.8) is 0 Å². The Bertz CT molecular complexity index is 1050. The van der Waals surface area contributed by atoms with Crippen molar-refractivity contribution in [2.45, 2.75) is 13.5 Å². The Morgan fingerprint density at radius 1 is 1.04 bits per heavy atom. The van der Waals surface area contributed by atoms with Crippen LogP contribution in [-0.4, -0.2) is 5.78 Å². The largest absolute Gasteiger partial charge is 0.489 e. The molecular formula is C23H17ClO3. The number of carbonyl (C=O) groups is 1. The van der Waals surface area contributed by atoms with Crippen molar-refractivity contribution in [3.05, 3.63) is 99.8 Å². The van der Waals surface area contributed by atoms with Crippen LogP contribution in [0.15, 0.2) is 72.5 Å². The van der Waals surface area contributed by atoms with Crippen molar-refractivity contribution < 1.29 is 14.3 Å². The van der Waals surface area contributed by atoms with Gasteiger partial charge in [-0.05, 0) is 54.0 Å². The van der Waals surface area contributed by atoms with Crippen molar-refractivity contribution in [3.8, 4) is 11.5 Å². The van der Waals surface area contributed by atoms with Gasteiger partial charge in [0.05, 0.1) is 5.56 Å². The molecule has 0 unspecified atom stereocenters. The third-order valence-electron chi connectivity index (χ3n) is 4.41. The molecule has 1 aliphatic rings. The molecule has 0 spiro atoms. The van der Waals surface area contributed by atoms with Gasteiger partial charge in [-0.1, -0.05) is 48.0 Å². The first kappa shape index (κ1) is 17.4. The average molecular weight is 377 g/mol. The van der Waals surface area contributed by atoms with E-state index in [-0.39, 0.29) is 5.78 Å². The minimum Gasteiger partial charge on any atom is -0.489 e. The summed E-state index contributed by atoms with van der Waals surface area (Å²) in [6, 6.07) is 20.6. The molecule has 3 aromatic carbocycles. The molecule has 4 rings (SSSR count). The monoisotopic (exact) mass is 376 g/mol. The Hall–Kier alpha value is -3.04. The average Bonchev–Trinajstić information content (AvgIpc) is 2.97. The highest BCUT2D eigenvalue weighted by Crippen LogP contribution is 2.35. The molecular weight excluding hydrogens is 360 g/mol. The second-order valence-corrected chi connectivity index (χ2v) is 6.81. The fourth-order valence-electron chi connectivity index (χ4n) is 2.94. The molecule has 134 valence electrons. The summed E-state index contributed by atoms with van der Waals surface area (Å²) in [6.45, 7) is 2.39. The summed E-state index contributed by atoms with van der Waals surface area (Å²) in [7, 11) is 0. The first-order valence-corrected chi connectivity index (χ1v) is 8.99. The van der Waals surface area contributed by atoms with Crippen LogP contribution in [0.1, 0.15) is 27.0 Å². The van der Waals surface area contributed by atoms with Gasteiger partial charge in [-0.15, -0.1) is 0 Å². The van der Waals surface area contributed by atoms with Crippen LogP contribution < -0.4 is 9.47 Å². The van der Waals surface area contributed by atoms with Crippen molar-refractivity contribution in [1.29, 1.82) is 0 Å². The smallest absolute Gasteiger partial charge is 0.231 e. The standard InChI is InChI=1S/C23H17ClO3/c1-15-5-2-3-7-17(15)12-22-23(25)20-10-9-19(13-21(20)27-22)26-14-16-6-4-8-18(24)11-16/h2-13H,14H2,1H3. The molecule has 0 fully saturated rings. The van der Waals surface area contributed by atoms with Gasteiger partial charge < -0.3 is 9.47 Å². The van der Waals surface area contributed by atoms with Gasteiger partial charge in [0.15, 0.2) is 5.76 Å². The van der Waals surface area contributed by atoms with Crippen molar-refractivity contribution >= 4 is 23.5 Å². The third kappa shape index (κ3) is 3.74. The van der Waals surface area contributed by atoms with Crippen LogP contribution in [0.2, 0.25) is 5.02 Å². The molecule has 0 amide bonds. The Balaban J connectivity index is 1.53. The summed E-state index contributed by atoms with van der Waals surface area (Å²) < 4.78 is 11.6. The zero-order valence-electron chi connectivity index (χ0n) is 14.7. The fraction of sp³-hybridized carbons (Fsp3) is 0.0870. The van der Waals surface area contributed by atoms with Crippen LogP contribution >= 0.6 is 11.6 Å². The Labute approximate surface area is 162 Å². The van der Waals surface area contributed by atoms with Gasteiger partial charge in [-0.2, -0.15) is 0 Å². The molecule has 27 heavy (non-hydrogen) atoms. The molecule has 1 heterocycles. The summed E-state index contributed by atoms with van der Waals surface area (Å²) >= 11 is 5.99. The maximum atomic E-state index is 12.6. The second kappa shape index (κ2) is 7.29. The summed E-state index contributed by atoms with van der Waals surface area (Å²) in [4.78, 5) is 12.6. The molecule has 4 heteroatoms. The highest BCUT2D eigenvalue weighted by Gasteiger charge is 2.27. The summed E-state index contributed by atoms with van der Waals surface area (Å²) in [5, 5.41) is 0.671. The lowest BCUT2D eigenvalue weighted by Crippen LogP contribution is -1.98. The lowest BCUT2D eigenvalue weighted by molar-refractivity contribution is 0.101. The number of carbonyl (C=O) groups excluding carboxylic acids is 1. The number of ketones is 1. The number of aryl methyl sites for hydroxylation is 1. The van der Waals surface area contributed by atoms with E-state index in [2.05, 4.69) is 0 Å². The lowest BCUT2D eigenvalue weighted by Gasteiger charge is -2.07. The minimum absolute atomic E-state index is 0.116.